The number of para-hydroxylation sites is 1. The zero-order chi connectivity index (χ0) is 44.3. The molecule has 0 amide bonds. The summed E-state index contributed by atoms with van der Waals surface area (Å²) in [6.45, 7) is 18.7. The predicted molar refractivity (Wildman–Crippen MR) is 269 cm³/mol. The molecule has 0 aliphatic carbocycles. The van der Waals surface area contributed by atoms with E-state index in [4.69, 9.17) is 9.72 Å². The summed E-state index contributed by atoms with van der Waals surface area (Å²) in [5.41, 5.74) is 19.4. The Morgan fingerprint density at radius 3 is 1.92 bits per heavy atom. The van der Waals surface area contributed by atoms with Crippen LogP contribution in [0.2, 0.25) is 0 Å². The van der Waals surface area contributed by atoms with Gasteiger partial charge in [0, 0.05) is 52.2 Å². The highest BCUT2D eigenvalue weighted by Gasteiger charge is 2.29. The molecular formula is C59H54N4O. The van der Waals surface area contributed by atoms with Crippen molar-refractivity contribution >= 4 is 38.9 Å². The number of hydrogen-bond donors (Lipinski definition) is 0. The smallest absolute Gasteiger partial charge is 0.138 e. The molecule has 0 radical (unpaired) electrons. The highest BCUT2D eigenvalue weighted by Crippen LogP contribution is 2.41. The molecule has 10 rings (SSSR count). The molecule has 2 aromatic heterocycles. The van der Waals surface area contributed by atoms with Crippen LogP contribution >= 0.6 is 0 Å². The number of rotatable bonds is 8. The van der Waals surface area contributed by atoms with E-state index in [0.29, 0.717) is 6.67 Å². The van der Waals surface area contributed by atoms with Gasteiger partial charge < -0.3 is 14.5 Å². The van der Waals surface area contributed by atoms with Crippen molar-refractivity contribution in [1.82, 2.24) is 9.55 Å². The van der Waals surface area contributed by atoms with Gasteiger partial charge in [0.25, 0.3) is 0 Å². The number of benzene rings is 7. The number of anilines is 2. The molecule has 9 aromatic rings. The second kappa shape index (κ2) is 16.1. The molecule has 0 bridgehead atoms. The lowest BCUT2D eigenvalue weighted by Gasteiger charge is -2.28. The van der Waals surface area contributed by atoms with E-state index in [1.807, 2.05) is 12.3 Å². The number of ether oxygens (including phenoxy) is 1. The van der Waals surface area contributed by atoms with E-state index in [1.165, 1.54) is 66.8 Å². The van der Waals surface area contributed by atoms with E-state index in [1.54, 1.807) is 0 Å². The van der Waals surface area contributed by atoms with Crippen LogP contribution in [-0.4, -0.2) is 16.2 Å². The van der Waals surface area contributed by atoms with Crippen LogP contribution in [0, 0.1) is 34.6 Å². The lowest BCUT2D eigenvalue weighted by atomic mass is 9.83. The first-order chi connectivity index (χ1) is 30.9. The predicted octanol–water partition coefficient (Wildman–Crippen LogP) is 15.4. The second-order valence-corrected chi connectivity index (χ2v) is 18.4. The number of hydrogen-bond acceptors (Lipinski definition) is 4. The van der Waals surface area contributed by atoms with Crippen molar-refractivity contribution in [3.63, 3.8) is 0 Å². The summed E-state index contributed by atoms with van der Waals surface area (Å²) in [5, 5.41) is 2.31. The summed E-state index contributed by atoms with van der Waals surface area (Å²) in [5.74, 6) is 2.38. The van der Waals surface area contributed by atoms with Gasteiger partial charge in [-0.15, -0.1) is 0 Å². The van der Waals surface area contributed by atoms with Gasteiger partial charge in [-0.05, 0) is 150 Å². The Morgan fingerprint density at radius 2 is 1.19 bits per heavy atom. The van der Waals surface area contributed by atoms with Gasteiger partial charge in [-0.1, -0.05) is 112 Å². The fraction of sp³-hybridized carbons (Fsp3) is 0.169. The molecule has 0 saturated carbocycles. The van der Waals surface area contributed by atoms with Crippen molar-refractivity contribution in [2.24, 2.45) is 0 Å². The van der Waals surface area contributed by atoms with Crippen LogP contribution in [0.15, 0.2) is 170 Å². The molecular weight excluding hydrogens is 781 g/mol. The molecule has 1 aliphatic rings. The third-order valence-electron chi connectivity index (χ3n) is 13.1. The van der Waals surface area contributed by atoms with Crippen molar-refractivity contribution in [3.8, 4) is 39.6 Å². The van der Waals surface area contributed by atoms with Gasteiger partial charge in [0.1, 0.15) is 17.3 Å². The normalized spacial score (nSPS) is 13.0. The molecule has 5 nitrogen and oxygen atoms in total. The summed E-state index contributed by atoms with van der Waals surface area (Å²) in [4.78, 5) is 9.80. The fourth-order valence-corrected chi connectivity index (χ4v) is 9.47. The molecule has 0 fully saturated rings. The average molecular weight is 835 g/mol. The standard InChI is InChI=1S/C59H54N4O/c1-38-31-47(32-39(2)42(38)5)62-37-61(36-56(62)58-40(3)29-45(30-41(58)4)59(6,7)8)46-19-16-20-48(34-46)64-49-25-26-53-52-23-14-15-24-54(52)63(55(53)35-49)57-33-44(27-28-60-57)51-22-13-12-21-50(51)43-17-10-9-11-18-43/h9-36H,37H2,1-8H3. The maximum atomic E-state index is 6.79. The van der Waals surface area contributed by atoms with Gasteiger partial charge in [0.2, 0.25) is 0 Å². The van der Waals surface area contributed by atoms with E-state index in [0.717, 1.165) is 50.6 Å². The molecule has 0 spiro atoms. The Labute approximate surface area is 377 Å². The van der Waals surface area contributed by atoms with Gasteiger partial charge in [-0.25, -0.2) is 4.98 Å². The first-order valence-electron chi connectivity index (χ1n) is 22.3. The molecule has 64 heavy (non-hydrogen) atoms. The Kier molecular flexibility index (Phi) is 10.2. The molecule has 0 atom stereocenters. The van der Waals surface area contributed by atoms with Gasteiger partial charge >= 0.3 is 0 Å². The number of pyridine rings is 1. The SMILES string of the molecule is Cc1cc(N2CN(c3cccc(Oc4ccc5c6ccccc6n(-c6cc(-c7ccccc7-c7ccccc7)ccn6)c5c4)c3)C=C2c2c(C)cc(C(C)(C)C)cc2C)cc(C)c1C. The van der Waals surface area contributed by atoms with Crippen molar-refractivity contribution in [1.29, 1.82) is 0 Å². The minimum absolute atomic E-state index is 0.0636. The van der Waals surface area contributed by atoms with Gasteiger partial charge in [-0.3, -0.25) is 4.57 Å². The quantitative estimate of drug-likeness (QED) is 0.153. The molecule has 0 unspecified atom stereocenters. The maximum Gasteiger partial charge on any atom is 0.138 e. The van der Waals surface area contributed by atoms with Crippen molar-refractivity contribution in [2.45, 2.75) is 60.8 Å². The van der Waals surface area contributed by atoms with Crippen LogP contribution in [0.5, 0.6) is 11.5 Å². The molecule has 0 saturated heterocycles. The molecule has 3 heterocycles. The van der Waals surface area contributed by atoms with Crippen molar-refractivity contribution < 1.29 is 4.74 Å². The zero-order valence-corrected chi connectivity index (χ0v) is 38.1. The van der Waals surface area contributed by atoms with E-state index in [2.05, 4.69) is 228 Å². The largest absolute Gasteiger partial charge is 0.457 e. The second-order valence-electron chi connectivity index (χ2n) is 18.4. The Morgan fingerprint density at radius 1 is 0.531 bits per heavy atom. The monoisotopic (exact) mass is 834 g/mol. The topological polar surface area (TPSA) is 33.5 Å². The Balaban J connectivity index is 1.02. The zero-order valence-electron chi connectivity index (χ0n) is 38.1. The first-order valence-corrected chi connectivity index (χ1v) is 22.3. The summed E-state index contributed by atoms with van der Waals surface area (Å²) < 4.78 is 9.05. The van der Waals surface area contributed by atoms with Crippen molar-refractivity contribution in [3.05, 3.63) is 209 Å². The van der Waals surface area contributed by atoms with Crippen LogP contribution in [0.1, 0.15) is 59.7 Å². The van der Waals surface area contributed by atoms with E-state index in [-0.39, 0.29) is 5.41 Å². The molecule has 5 heteroatoms. The van der Waals surface area contributed by atoms with Crippen LogP contribution in [0.25, 0.3) is 55.6 Å². The van der Waals surface area contributed by atoms with E-state index >= 15 is 0 Å². The number of aryl methyl sites for hydroxylation is 4. The Bertz CT molecular complexity index is 3230. The lowest BCUT2D eigenvalue weighted by Crippen LogP contribution is -2.27. The Hall–Kier alpha value is -7.37. The highest BCUT2D eigenvalue weighted by molar-refractivity contribution is 6.09. The first kappa shape index (κ1) is 40.7. The minimum Gasteiger partial charge on any atom is -0.457 e. The fourth-order valence-electron chi connectivity index (χ4n) is 9.47. The van der Waals surface area contributed by atoms with Gasteiger partial charge in [-0.2, -0.15) is 0 Å². The maximum absolute atomic E-state index is 6.79. The van der Waals surface area contributed by atoms with Crippen molar-refractivity contribution in [2.75, 3.05) is 16.5 Å². The average Bonchev–Trinajstić information content (AvgIpc) is 3.88. The van der Waals surface area contributed by atoms with E-state index in [9.17, 15) is 0 Å². The molecule has 0 N–H and O–H groups in total. The van der Waals surface area contributed by atoms with Crippen LogP contribution < -0.4 is 14.5 Å². The summed E-state index contributed by atoms with van der Waals surface area (Å²) in [6.07, 6.45) is 4.24. The third kappa shape index (κ3) is 7.41. The summed E-state index contributed by atoms with van der Waals surface area (Å²) in [7, 11) is 0. The summed E-state index contributed by atoms with van der Waals surface area (Å²) >= 11 is 0. The summed E-state index contributed by atoms with van der Waals surface area (Å²) in [6, 6.07) is 56.3. The van der Waals surface area contributed by atoms with Gasteiger partial charge in [0.05, 0.1) is 23.4 Å². The van der Waals surface area contributed by atoms with Crippen LogP contribution in [0.3, 0.4) is 0 Å². The molecule has 316 valence electrons. The number of aromatic nitrogens is 2. The van der Waals surface area contributed by atoms with E-state index < -0.39 is 0 Å². The lowest BCUT2D eigenvalue weighted by molar-refractivity contribution is 0.483. The molecule has 1 aliphatic heterocycles. The van der Waals surface area contributed by atoms with Crippen LogP contribution in [0.4, 0.5) is 11.4 Å². The van der Waals surface area contributed by atoms with Gasteiger partial charge in [0.15, 0.2) is 0 Å². The number of fused-ring (bicyclic) bond motifs is 3. The number of nitrogens with zero attached hydrogens (tertiary/aromatic N) is 4. The van der Waals surface area contributed by atoms with Crippen LogP contribution in [-0.2, 0) is 5.41 Å². The third-order valence-corrected chi connectivity index (χ3v) is 13.1. The highest BCUT2D eigenvalue weighted by atomic mass is 16.5. The molecule has 7 aromatic carbocycles. The minimum atomic E-state index is 0.0636.